The molecule has 9 nitrogen and oxygen atoms in total. The van der Waals surface area contributed by atoms with Gasteiger partial charge >= 0.3 is 0 Å². The number of benzene rings is 1. The van der Waals surface area contributed by atoms with E-state index in [4.69, 9.17) is 4.74 Å². The van der Waals surface area contributed by atoms with Crippen molar-refractivity contribution >= 4 is 28.6 Å². The Morgan fingerprint density at radius 2 is 2.12 bits per heavy atom. The average Bonchev–Trinajstić information content (AvgIpc) is 3.24. The van der Waals surface area contributed by atoms with Gasteiger partial charge < -0.3 is 20.2 Å². The summed E-state index contributed by atoms with van der Waals surface area (Å²) in [7, 11) is 0. The smallest absolute Gasteiger partial charge is 0.255 e. The predicted octanol–water partition coefficient (Wildman–Crippen LogP) is 1.83. The van der Waals surface area contributed by atoms with Crippen LogP contribution in [0.4, 0.5) is 8.78 Å². The molecular weight excluding hydrogens is 456 g/mol. The van der Waals surface area contributed by atoms with Gasteiger partial charge in [0, 0.05) is 31.7 Å². The minimum atomic E-state index is -0.807. The molecule has 2 bridgehead atoms. The molecule has 33 heavy (non-hydrogen) atoms. The Morgan fingerprint density at radius 1 is 1.30 bits per heavy atom. The van der Waals surface area contributed by atoms with Gasteiger partial charge in [-0.15, -0.1) is 10.2 Å². The fraction of sp³-hybridized carbons (Fsp3) is 0.333. The van der Waals surface area contributed by atoms with Crippen LogP contribution in [0.25, 0.3) is 5.57 Å². The van der Waals surface area contributed by atoms with Gasteiger partial charge in [0.25, 0.3) is 5.91 Å². The highest BCUT2D eigenvalue weighted by Crippen LogP contribution is 2.27. The molecule has 1 saturated heterocycles. The van der Waals surface area contributed by atoms with Crippen LogP contribution >= 0.6 is 11.3 Å². The van der Waals surface area contributed by atoms with Gasteiger partial charge in [0.1, 0.15) is 22.8 Å². The number of hydrogen-bond donors (Lipinski definition) is 3. The van der Waals surface area contributed by atoms with E-state index in [9.17, 15) is 23.5 Å². The van der Waals surface area contributed by atoms with E-state index in [1.165, 1.54) is 17.2 Å². The summed E-state index contributed by atoms with van der Waals surface area (Å²) in [5.74, 6) is -3.34. The fourth-order valence-electron chi connectivity index (χ4n) is 3.55. The number of nitrogens with zero attached hydrogens (tertiary/aromatic N) is 3. The summed E-state index contributed by atoms with van der Waals surface area (Å²) in [5.41, 5.74) is 5.89. The molecule has 2 aromatic rings. The van der Waals surface area contributed by atoms with Crippen LogP contribution < -0.4 is 10.9 Å². The van der Waals surface area contributed by atoms with Crippen molar-refractivity contribution in [2.24, 2.45) is 0 Å². The minimum absolute atomic E-state index is 0.0150. The number of aliphatic hydroxyl groups excluding tert-OH is 1. The van der Waals surface area contributed by atoms with Gasteiger partial charge in [-0.3, -0.25) is 9.59 Å². The number of halogens is 2. The first-order valence-electron chi connectivity index (χ1n) is 10.2. The third-order valence-electron chi connectivity index (χ3n) is 5.27. The van der Waals surface area contributed by atoms with Crippen LogP contribution in [0.1, 0.15) is 28.9 Å². The number of aliphatic hydroxyl groups is 1. The first kappa shape index (κ1) is 23.0. The van der Waals surface area contributed by atoms with Gasteiger partial charge in [-0.05, 0) is 18.6 Å². The number of nitrogens with one attached hydrogen (secondary N) is 2. The number of hydrogen-bond acceptors (Lipinski definition) is 9. The van der Waals surface area contributed by atoms with Gasteiger partial charge in [0.05, 0.1) is 24.4 Å². The first-order chi connectivity index (χ1) is 15.9. The maximum atomic E-state index is 14.0. The standard InChI is InChI=1S/C21H21F2N5O4S/c1-2-28-16-10-32-6-5-13(21(28)31)18(29)19(30)14(9-24-25-16)20-27-26-17(33-20)7-11-3-4-12(22)8-15(11)23/h3-4,8-9,16,24-25,29H,2,5-7,10H2,1H3/b14-9+,18-13-. The number of Topliss-reactive ketones (excluding diaryl/α,β-unsaturated/α-hetero) is 1. The molecule has 3 heterocycles. The number of ketones is 1. The van der Waals surface area contributed by atoms with Crippen molar-refractivity contribution in [3.05, 3.63) is 62.9 Å². The van der Waals surface area contributed by atoms with Crippen LogP contribution in [-0.2, 0) is 20.7 Å². The molecule has 2 aliphatic heterocycles. The third-order valence-corrected chi connectivity index (χ3v) is 6.23. The molecule has 2 aliphatic rings. The van der Waals surface area contributed by atoms with E-state index < -0.39 is 35.2 Å². The Bertz CT molecular complexity index is 1150. The van der Waals surface area contributed by atoms with E-state index in [0.29, 0.717) is 11.6 Å². The molecule has 1 atom stereocenters. The molecule has 3 N–H and O–H groups in total. The number of aromatic nitrogens is 2. The topological polar surface area (TPSA) is 117 Å². The maximum Gasteiger partial charge on any atom is 0.255 e. The average molecular weight is 477 g/mol. The molecule has 1 aromatic heterocycles. The van der Waals surface area contributed by atoms with Crippen molar-refractivity contribution in [1.29, 1.82) is 0 Å². The molecule has 1 unspecified atom stereocenters. The Kier molecular flexibility index (Phi) is 6.77. The Morgan fingerprint density at radius 3 is 2.88 bits per heavy atom. The molecule has 1 amide bonds. The lowest BCUT2D eigenvalue weighted by atomic mass is 10.0. The lowest BCUT2D eigenvalue weighted by molar-refractivity contribution is -0.134. The molecule has 0 saturated carbocycles. The third kappa shape index (κ3) is 4.77. The van der Waals surface area contributed by atoms with E-state index in [0.717, 1.165) is 23.5 Å². The number of hydrazine groups is 1. The summed E-state index contributed by atoms with van der Waals surface area (Å²) in [5, 5.41) is 19.3. The van der Waals surface area contributed by atoms with Crippen LogP contribution in [0.5, 0.6) is 0 Å². The fourth-order valence-corrected chi connectivity index (χ4v) is 4.42. The summed E-state index contributed by atoms with van der Waals surface area (Å²) < 4.78 is 32.7. The predicted molar refractivity (Wildman–Crippen MR) is 115 cm³/mol. The normalized spacial score (nSPS) is 23.5. The Labute approximate surface area is 191 Å². The maximum absolute atomic E-state index is 14.0. The van der Waals surface area contributed by atoms with Crippen molar-refractivity contribution in [3.63, 3.8) is 0 Å². The number of carbonyl (C=O) groups is 2. The van der Waals surface area contributed by atoms with Crippen molar-refractivity contribution in [1.82, 2.24) is 25.9 Å². The quantitative estimate of drug-likeness (QED) is 0.611. The molecule has 0 radical (unpaired) electrons. The lowest BCUT2D eigenvalue weighted by Crippen LogP contribution is -2.56. The SMILES string of the molecule is CCN1C(=O)/C2=C(\O)C(=O)/C(c3nnc(Cc4ccc(F)cc4F)s3)=C\NNC1COCC2. The monoisotopic (exact) mass is 477 g/mol. The number of rotatable bonds is 4. The van der Waals surface area contributed by atoms with E-state index in [-0.39, 0.29) is 47.8 Å². The lowest BCUT2D eigenvalue weighted by Gasteiger charge is -2.34. The summed E-state index contributed by atoms with van der Waals surface area (Å²) in [6.07, 6.45) is 0.915. The Hall–Kier alpha value is -3.22. The van der Waals surface area contributed by atoms with Gasteiger partial charge in [-0.25, -0.2) is 14.2 Å². The number of allylic oxidation sites excluding steroid dienone is 1. The number of carbonyl (C=O) groups excluding carboxylic acids is 2. The van der Waals surface area contributed by atoms with Gasteiger partial charge in [-0.2, -0.15) is 0 Å². The highest BCUT2D eigenvalue weighted by Gasteiger charge is 2.33. The van der Waals surface area contributed by atoms with Crippen LogP contribution in [0, 0.1) is 11.6 Å². The van der Waals surface area contributed by atoms with Crippen molar-refractivity contribution in [2.75, 3.05) is 19.8 Å². The second-order valence-electron chi connectivity index (χ2n) is 7.35. The molecule has 0 aliphatic carbocycles. The van der Waals surface area contributed by atoms with Gasteiger partial charge in [0.2, 0.25) is 5.78 Å². The summed E-state index contributed by atoms with van der Waals surface area (Å²) in [4.78, 5) is 27.6. The van der Waals surface area contributed by atoms with Crippen LogP contribution in [0.15, 0.2) is 35.7 Å². The summed E-state index contributed by atoms with van der Waals surface area (Å²) in [6, 6.07) is 3.25. The molecule has 174 valence electrons. The van der Waals surface area contributed by atoms with Crippen LogP contribution in [0.2, 0.25) is 0 Å². The van der Waals surface area contributed by atoms with Gasteiger partial charge in [0.15, 0.2) is 10.8 Å². The molecule has 4 rings (SSSR count). The van der Waals surface area contributed by atoms with Crippen molar-refractivity contribution < 1.29 is 28.2 Å². The molecular formula is C21H21F2N5O4S. The van der Waals surface area contributed by atoms with Crippen molar-refractivity contribution in [2.45, 2.75) is 25.9 Å². The number of amides is 1. The van der Waals surface area contributed by atoms with Gasteiger partial charge in [-0.1, -0.05) is 17.4 Å². The van der Waals surface area contributed by atoms with Crippen LogP contribution in [-0.4, -0.2) is 57.8 Å². The minimum Gasteiger partial charge on any atom is -0.504 e. The zero-order valence-corrected chi connectivity index (χ0v) is 18.4. The molecule has 1 fully saturated rings. The second-order valence-corrected chi connectivity index (χ2v) is 8.41. The number of ether oxygens (including phenoxy) is 1. The second kappa shape index (κ2) is 9.73. The highest BCUT2D eigenvalue weighted by molar-refractivity contribution is 7.12. The number of fused-ring (bicyclic) bond motifs is 3. The molecule has 12 heteroatoms. The zero-order valence-electron chi connectivity index (χ0n) is 17.6. The molecule has 0 spiro atoms. The highest BCUT2D eigenvalue weighted by atomic mass is 32.1. The molecule has 1 aromatic carbocycles. The van der Waals surface area contributed by atoms with Crippen molar-refractivity contribution in [3.8, 4) is 0 Å². The zero-order chi connectivity index (χ0) is 23.5. The van der Waals surface area contributed by atoms with E-state index in [2.05, 4.69) is 21.0 Å². The Balaban J connectivity index is 1.67. The largest absolute Gasteiger partial charge is 0.504 e. The van der Waals surface area contributed by atoms with E-state index in [1.54, 1.807) is 6.92 Å². The van der Waals surface area contributed by atoms with E-state index in [1.807, 2.05) is 0 Å². The van der Waals surface area contributed by atoms with E-state index >= 15 is 0 Å². The summed E-state index contributed by atoms with van der Waals surface area (Å²) >= 11 is 1.02. The summed E-state index contributed by atoms with van der Waals surface area (Å²) in [6.45, 7) is 2.50. The van der Waals surface area contributed by atoms with Crippen LogP contribution in [0.3, 0.4) is 0 Å². The number of likely N-dealkylation sites (N-methyl/N-ethyl adjacent to an activating group) is 1. The first-order valence-corrected chi connectivity index (χ1v) is 11.0.